The average Bonchev–Trinajstić information content (AvgIpc) is 2.36. The van der Waals surface area contributed by atoms with Gasteiger partial charge in [-0.25, -0.2) is 0 Å². The lowest BCUT2D eigenvalue weighted by atomic mass is 9.99. The lowest BCUT2D eigenvalue weighted by Crippen LogP contribution is -2.07. The van der Waals surface area contributed by atoms with E-state index >= 15 is 0 Å². The summed E-state index contributed by atoms with van der Waals surface area (Å²) in [6, 6.07) is 7.70. The second kappa shape index (κ2) is 5.32. The second-order valence-electron chi connectivity index (χ2n) is 4.16. The molecule has 2 aromatic carbocycles. The highest BCUT2D eigenvalue weighted by Crippen LogP contribution is 2.40. The fourth-order valence-corrected chi connectivity index (χ4v) is 2.61. The Morgan fingerprint density at radius 1 is 1.00 bits per heavy atom. The van der Waals surface area contributed by atoms with Crippen LogP contribution in [0, 0.1) is 0 Å². The number of halogens is 4. The molecule has 0 unspecified atom stereocenters. The van der Waals surface area contributed by atoms with Gasteiger partial charge in [-0.2, -0.15) is 21.6 Å². The van der Waals surface area contributed by atoms with Gasteiger partial charge in [0.15, 0.2) is 0 Å². The van der Waals surface area contributed by atoms with Crippen LogP contribution in [0.25, 0.3) is 11.1 Å². The molecule has 0 fully saturated rings. The molecule has 1 N–H and O–H groups in total. The summed E-state index contributed by atoms with van der Waals surface area (Å²) in [6.07, 6.45) is -4.60. The fraction of sp³-hybridized carbons (Fsp3) is 0.0769. The molecule has 3 nitrogen and oxygen atoms in total. The number of alkyl halides is 3. The zero-order valence-corrected chi connectivity index (χ0v) is 11.8. The standard InChI is InChI=1S/C13H8ClF3O3S/c14-11-3-1-2-10(13(15,16)17)12(11)8-4-6-9(7-5-8)21(18,19)20/h1-7H,(H,18,19,20). The molecule has 0 saturated carbocycles. The van der Waals surface area contributed by atoms with E-state index in [4.69, 9.17) is 16.2 Å². The number of hydrogen-bond acceptors (Lipinski definition) is 2. The molecule has 0 bridgehead atoms. The molecule has 0 atom stereocenters. The van der Waals surface area contributed by atoms with Crippen LogP contribution in [-0.2, 0) is 16.3 Å². The van der Waals surface area contributed by atoms with Gasteiger partial charge in [-0.1, -0.05) is 29.8 Å². The molecule has 0 amide bonds. The van der Waals surface area contributed by atoms with Crippen molar-refractivity contribution in [1.82, 2.24) is 0 Å². The minimum atomic E-state index is -4.60. The maximum atomic E-state index is 13.0. The van der Waals surface area contributed by atoms with E-state index in [1.165, 1.54) is 12.1 Å². The molecule has 0 radical (unpaired) electrons. The van der Waals surface area contributed by atoms with Gasteiger partial charge in [0, 0.05) is 10.6 Å². The number of benzene rings is 2. The van der Waals surface area contributed by atoms with E-state index in [1.54, 1.807) is 0 Å². The molecule has 112 valence electrons. The first-order valence-corrected chi connectivity index (χ1v) is 7.36. The average molecular weight is 337 g/mol. The minimum Gasteiger partial charge on any atom is -0.282 e. The zero-order chi connectivity index (χ0) is 15.8. The van der Waals surface area contributed by atoms with Crippen molar-refractivity contribution in [1.29, 1.82) is 0 Å². The van der Waals surface area contributed by atoms with Crippen LogP contribution in [0.1, 0.15) is 5.56 Å². The molecular formula is C13H8ClF3O3S. The number of hydrogen-bond donors (Lipinski definition) is 1. The first-order chi connectivity index (χ1) is 9.60. The van der Waals surface area contributed by atoms with Gasteiger partial charge in [-0.3, -0.25) is 4.55 Å². The Kier molecular flexibility index (Phi) is 4.01. The fourth-order valence-electron chi connectivity index (χ4n) is 1.85. The summed E-state index contributed by atoms with van der Waals surface area (Å²) in [6.45, 7) is 0. The third-order valence-electron chi connectivity index (χ3n) is 2.76. The maximum absolute atomic E-state index is 13.0. The summed E-state index contributed by atoms with van der Waals surface area (Å²) >= 11 is 5.83. The van der Waals surface area contributed by atoms with Crippen molar-refractivity contribution >= 4 is 21.7 Å². The van der Waals surface area contributed by atoms with E-state index < -0.39 is 26.8 Å². The van der Waals surface area contributed by atoms with Gasteiger partial charge in [0.05, 0.1) is 10.5 Å². The molecule has 21 heavy (non-hydrogen) atoms. The Labute approximate surface area is 123 Å². The van der Waals surface area contributed by atoms with Crippen LogP contribution in [0.3, 0.4) is 0 Å². The van der Waals surface area contributed by atoms with Crippen LogP contribution in [0.5, 0.6) is 0 Å². The highest BCUT2D eigenvalue weighted by Gasteiger charge is 2.34. The summed E-state index contributed by atoms with van der Waals surface area (Å²) in [5.74, 6) is 0. The molecule has 0 aliphatic heterocycles. The minimum absolute atomic E-state index is 0.0975. The summed E-state index contributed by atoms with van der Waals surface area (Å²) in [7, 11) is -4.41. The van der Waals surface area contributed by atoms with Crippen molar-refractivity contribution in [2.45, 2.75) is 11.1 Å². The molecule has 8 heteroatoms. The maximum Gasteiger partial charge on any atom is 0.417 e. The van der Waals surface area contributed by atoms with E-state index in [0.29, 0.717) is 0 Å². The van der Waals surface area contributed by atoms with Crippen LogP contribution in [0.2, 0.25) is 5.02 Å². The zero-order valence-electron chi connectivity index (χ0n) is 10.2. The molecule has 0 aromatic heterocycles. The van der Waals surface area contributed by atoms with Gasteiger partial charge in [-0.15, -0.1) is 0 Å². The lowest BCUT2D eigenvalue weighted by Gasteiger charge is -2.14. The van der Waals surface area contributed by atoms with Crippen LogP contribution >= 0.6 is 11.6 Å². The van der Waals surface area contributed by atoms with Crippen LogP contribution in [-0.4, -0.2) is 13.0 Å². The molecule has 0 saturated heterocycles. The van der Waals surface area contributed by atoms with E-state index in [-0.39, 0.29) is 16.1 Å². The Bertz CT molecular complexity index is 768. The Morgan fingerprint density at radius 2 is 1.57 bits per heavy atom. The monoisotopic (exact) mass is 336 g/mol. The largest absolute Gasteiger partial charge is 0.417 e. The summed E-state index contributed by atoms with van der Waals surface area (Å²) in [5, 5.41) is -0.107. The topological polar surface area (TPSA) is 54.4 Å². The van der Waals surface area contributed by atoms with Crippen molar-refractivity contribution in [2.24, 2.45) is 0 Å². The summed E-state index contributed by atoms with van der Waals surface area (Å²) in [4.78, 5) is -0.410. The van der Waals surface area contributed by atoms with Crippen molar-refractivity contribution < 1.29 is 26.1 Å². The molecule has 0 spiro atoms. The molecular weight excluding hydrogens is 329 g/mol. The van der Waals surface area contributed by atoms with Crippen molar-refractivity contribution in [3.8, 4) is 11.1 Å². The third kappa shape index (κ3) is 3.37. The second-order valence-corrected chi connectivity index (χ2v) is 5.99. The quantitative estimate of drug-likeness (QED) is 0.833. The SMILES string of the molecule is O=S(=O)(O)c1ccc(-c2c(Cl)cccc2C(F)(F)F)cc1. The summed E-state index contributed by atoms with van der Waals surface area (Å²) in [5.41, 5.74) is -1.07. The van der Waals surface area contributed by atoms with Crippen LogP contribution < -0.4 is 0 Å². The molecule has 0 aliphatic rings. The molecule has 0 aliphatic carbocycles. The normalized spacial score (nSPS) is 12.4. The van der Waals surface area contributed by atoms with Gasteiger partial charge in [-0.05, 0) is 29.8 Å². The highest BCUT2D eigenvalue weighted by molar-refractivity contribution is 7.85. The Balaban J connectivity index is 2.63. The third-order valence-corrected chi connectivity index (χ3v) is 3.94. The van der Waals surface area contributed by atoms with Gasteiger partial charge in [0.1, 0.15) is 0 Å². The predicted molar refractivity (Wildman–Crippen MR) is 71.7 cm³/mol. The van der Waals surface area contributed by atoms with Gasteiger partial charge in [0.25, 0.3) is 10.1 Å². The van der Waals surface area contributed by atoms with Crippen molar-refractivity contribution in [3.05, 3.63) is 53.1 Å². The molecule has 0 heterocycles. The Morgan fingerprint density at radius 3 is 2.05 bits per heavy atom. The van der Waals surface area contributed by atoms with Crippen LogP contribution in [0.15, 0.2) is 47.4 Å². The van der Waals surface area contributed by atoms with Crippen molar-refractivity contribution in [2.75, 3.05) is 0 Å². The van der Waals surface area contributed by atoms with Gasteiger partial charge < -0.3 is 0 Å². The van der Waals surface area contributed by atoms with Crippen LogP contribution in [0.4, 0.5) is 13.2 Å². The first-order valence-electron chi connectivity index (χ1n) is 5.54. The Hall–Kier alpha value is -1.57. The smallest absolute Gasteiger partial charge is 0.282 e. The van der Waals surface area contributed by atoms with E-state index in [9.17, 15) is 21.6 Å². The van der Waals surface area contributed by atoms with E-state index in [0.717, 1.165) is 30.3 Å². The molecule has 2 rings (SSSR count). The van der Waals surface area contributed by atoms with Crippen molar-refractivity contribution in [3.63, 3.8) is 0 Å². The first kappa shape index (κ1) is 15.8. The number of rotatable bonds is 2. The predicted octanol–water partition coefficient (Wildman–Crippen LogP) is 4.27. The summed E-state index contributed by atoms with van der Waals surface area (Å²) < 4.78 is 69.7. The van der Waals surface area contributed by atoms with Gasteiger partial charge in [0.2, 0.25) is 0 Å². The molecule has 2 aromatic rings. The van der Waals surface area contributed by atoms with E-state index in [2.05, 4.69) is 0 Å². The highest BCUT2D eigenvalue weighted by atomic mass is 35.5. The van der Waals surface area contributed by atoms with Gasteiger partial charge >= 0.3 is 6.18 Å². The lowest BCUT2D eigenvalue weighted by molar-refractivity contribution is -0.137. The van der Waals surface area contributed by atoms with E-state index in [1.807, 2.05) is 0 Å².